The van der Waals surface area contributed by atoms with Crippen LogP contribution in [-0.4, -0.2) is 9.79 Å². The molecule has 6 heteroatoms. The summed E-state index contributed by atoms with van der Waals surface area (Å²) in [6.07, 6.45) is 5.07. The van der Waals surface area contributed by atoms with Crippen molar-refractivity contribution in [3.63, 3.8) is 0 Å². The molecule has 0 aliphatic carbocycles. The van der Waals surface area contributed by atoms with Crippen LogP contribution >= 0.6 is 17.9 Å². The summed E-state index contributed by atoms with van der Waals surface area (Å²) < 4.78 is 0. The van der Waals surface area contributed by atoms with Gasteiger partial charge in [-0.25, -0.2) is 0 Å². The van der Waals surface area contributed by atoms with Gasteiger partial charge in [-0.15, -0.1) is 0 Å². The van der Waals surface area contributed by atoms with Crippen molar-refractivity contribution >= 4 is 29.7 Å². The molecule has 0 fully saturated rings. The summed E-state index contributed by atoms with van der Waals surface area (Å²) in [5.74, 6) is 0. The van der Waals surface area contributed by atoms with E-state index in [0.717, 1.165) is 6.42 Å². The maximum absolute atomic E-state index is 7.87. The van der Waals surface area contributed by atoms with Crippen LogP contribution in [0, 0.1) is 13.8 Å². The molecule has 0 saturated heterocycles. The number of hydrogen-bond donors (Lipinski definition) is 3. The Morgan fingerprint density at radius 1 is 1.29 bits per heavy atom. The smallest absolute Gasteiger partial charge is 0.346 e. The Balaban J connectivity index is -0.0000000576. The molecule has 0 aliphatic rings. The number of rotatable bonds is 3. The average molecular weight is 310 g/mol. The molecule has 2 N–H and O–H groups in total. The van der Waals surface area contributed by atoms with E-state index in [1.165, 1.54) is 19.3 Å². The van der Waals surface area contributed by atoms with E-state index in [9.17, 15) is 0 Å². The van der Waals surface area contributed by atoms with E-state index in [2.05, 4.69) is 44.8 Å². The first kappa shape index (κ1) is 24.7. The summed E-state index contributed by atoms with van der Waals surface area (Å²) in [5, 5.41) is 0. The topological polar surface area (TPSA) is 40.5 Å². The van der Waals surface area contributed by atoms with Crippen LogP contribution < -0.4 is 0 Å². The predicted octanol–water partition coefficient (Wildman–Crippen LogP) is 3.36. The molecule has 0 unspecified atom stereocenters. The van der Waals surface area contributed by atoms with Gasteiger partial charge < -0.3 is 23.6 Å². The number of hydrogen-bond acceptors (Lipinski definition) is 1. The van der Waals surface area contributed by atoms with E-state index in [4.69, 9.17) is 9.79 Å². The largest absolute Gasteiger partial charge is 2.00 e. The van der Waals surface area contributed by atoms with E-state index in [0.29, 0.717) is 0 Å². The Hall–Kier alpha value is 1.54. The van der Waals surface area contributed by atoms with Crippen LogP contribution in [0.4, 0.5) is 0 Å². The second-order valence-electron chi connectivity index (χ2n) is 2.07. The maximum Gasteiger partial charge on any atom is 2.00 e. The van der Waals surface area contributed by atoms with Crippen LogP contribution in [0.25, 0.3) is 0 Å². The Morgan fingerprint density at radius 3 is 1.64 bits per heavy atom. The first-order chi connectivity index (χ1) is 5.91. The van der Waals surface area contributed by atoms with Gasteiger partial charge in [0, 0.05) is 0 Å². The second-order valence-corrected chi connectivity index (χ2v) is 7.11. The third-order valence-electron chi connectivity index (χ3n) is 0.854. The first-order valence-corrected chi connectivity index (χ1v) is 8.06. The van der Waals surface area contributed by atoms with Crippen molar-refractivity contribution in [2.24, 2.45) is 0 Å². The molecule has 0 aromatic heterocycles. The molecule has 0 heterocycles. The van der Waals surface area contributed by atoms with Gasteiger partial charge in [-0.1, -0.05) is 38.4 Å². The van der Waals surface area contributed by atoms with Gasteiger partial charge in [-0.3, -0.25) is 0 Å². The molecule has 84 valence electrons. The van der Waals surface area contributed by atoms with Gasteiger partial charge in [-0.2, -0.15) is 13.3 Å². The minimum absolute atomic E-state index is 0. The molecule has 0 bridgehead atoms. The summed E-state index contributed by atoms with van der Waals surface area (Å²) in [7, 11) is 0. The maximum atomic E-state index is 7.87. The van der Waals surface area contributed by atoms with Gasteiger partial charge in [0.25, 0.3) is 0 Å². The van der Waals surface area contributed by atoms with Crippen molar-refractivity contribution in [2.45, 2.75) is 39.5 Å². The molecule has 14 heavy (non-hydrogen) atoms. The fraction of sp³-hybridized carbons (Fsp3) is 0.750. The van der Waals surface area contributed by atoms with Gasteiger partial charge in [0.05, 0.1) is 0 Å². The van der Waals surface area contributed by atoms with Crippen LogP contribution in [0.2, 0.25) is 0 Å². The van der Waals surface area contributed by atoms with Crippen LogP contribution in [0.15, 0.2) is 0 Å². The molecule has 0 amide bonds. The van der Waals surface area contributed by atoms with Crippen molar-refractivity contribution in [3.05, 3.63) is 13.8 Å². The molecule has 0 spiro atoms. The van der Waals surface area contributed by atoms with Gasteiger partial charge in [0.2, 0.25) is 5.69 Å². The molecular weight excluding hydrogens is 289 g/mol. The van der Waals surface area contributed by atoms with Gasteiger partial charge in [0.1, 0.15) is 0 Å². The molecule has 0 atom stereocenters. The average Bonchev–Trinajstić information content (AvgIpc) is 2.02. The minimum atomic E-state index is -3.11. The predicted molar refractivity (Wildman–Crippen MR) is 68.2 cm³/mol. The number of unbranched alkanes of at least 4 members (excludes halogenated alkanes) is 3. The summed E-state index contributed by atoms with van der Waals surface area (Å²) in [6.45, 7) is 10.9. The fourth-order valence-electron chi connectivity index (χ4n) is 0.427. The Kier molecular flexibility index (Phi) is 35.3. The second kappa shape index (κ2) is 20.0. The van der Waals surface area contributed by atoms with E-state index < -0.39 is 5.69 Å². The SMILES string of the molecule is OP(O)(=S)S.[CH2-]C.[CH2-]CCCCC.[Zn+2]. The van der Waals surface area contributed by atoms with Gasteiger partial charge in [-0.05, 0) is 11.8 Å². The van der Waals surface area contributed by atoms with E-state index in [1.807, 2.05) is 0 Å². The van der Waals surface area contributed by atoms with Crippen LogP contribution in [-0.2, 0) is 31.3 Å². The van der Waals surface area contributed by atoms with E-state index in [1.54, 1.807) is 6.92 Å². The molecule has 0 rings (SSSR count). The normalized spacial score (nSPS) is 8.50. The third kappa shape index (κ3) is 103. The molecule has 0 aromatic carbocycles. The van der Waals surface area contributed by atoms with Crippen molar-refractivity contribution in [2.75, 3.05) is 0 Å². The Bertz CT molecular complexity index is 108. The summed E-state index contributed by atoms with van der Waals surface area (Å²) in [5.41, 5.74) is -3.11. The zero-order valence-corrected chi connectivity index (χ0v) is 14.7. The van der Waals surface area contributed by atoms with Gasteiger partial charge in [0.15, 0.2) is 0 Å². The molecule has 0 radical (unpaired) electrons. The Labute approximate surface area is 112 Å². The van der Waals surface area contributed by atoms with Crippen molar-refractivity contribution in [3.8, 4) is 0 Å². The van der Waals surface area contributed by atoms with E-state index in [-0.39, 0.29) is 19.5 Å². The summed E-state index contributed by atoms with van der Waals surface area (Å²) in [6, 6.07) is 0. The molecule has 0 aromatic rings. The third-order valence-corrected chi connectivity index (χ3v) is 0.854. The van der Waals surface area contributed by atoms with Crippen LogP contribution in [0.3, 0.4) is 0 Å². The number of thiol groups is 1. The zero-order valence-electron chi connectivity index (χ0n) is 9.15. The first-order valence-electron chi connectivity index (χ1n) is 4.20. The van der Waals surface area contributed by atoms with E-state index >= 15 is 0 Å². The monoisotopic (exact) mass is 308 g/mol. The van der Waals surface area contributed by atoms with Crippen molar-refractivity contribution in [1.29, 1.82) is 0 Å². The van der Waals surface area contributed by atoms with Crippen LogP contribution in [0.1, 0.15) is 39.5 Å². The van der Waals surface area contributed by atoms with Crippen LogP contribution in [0.5, 0.6) is 0 Å². The van der Waals surface area contributed by atoms with Crippen molar-refractivity contribution < 1.29 is 29.3 Å². The van der Waals surface area contributed by atoms with Crippen molar-refractivity contribution in [1.82, 2.24) is 0 Å². The summed E-state index contributed by atoms with van der Waals surface area (Å²) in [4.78, 5) is 15.7. The zero-order chi connectivity index (χ0) is 11.3. The standard InChI is InChI=1S/C6H13.C2H5.H3O2PS2.Zn/c1-3-5-6-4-2;1-2;1-3(2,4)5;/h1,3-6H2,2H3;1H2,2H3;(H3,1,2,4,5);/q2*-1;;+2. The molecule has 2 nitrogen and oxygen atoms in total. The molecule has 0 aliphatic heterocycles. The minimum Gasteiger partial charge on any atom is -0.346 e. The Morgan fingerprint density at radius 2 is 1.57 bits per heavy atom. The molecular formula is C8H21O2PS2Zn. The molecule has 0 saturated carbocycles. The summed E-state index contributed by atoms with van der Waals surface area (Å²) >= 11 is 7.07. The van der Waals surface area contributed by atoms with Gasteiger partial charge >= 0.3 is 19.5 Å². The quantitative estimate of drug-likeness (QED) is 0.246. The fourth-order valence-corrected chi connectivity index (χ4v) is 0.427.